The number of carbonyl (C=O) groups excluding carboxylic acids is 2. The molecule has 2 N–H and O–H groups in total. The zero-order valence-corrected chi connectivity index (χ0v) is 22.4. The second-order valence-corrected chi connectivity index (χ2v) is 11.6. The number of hydrogen-bond donors (Lipinski definition) is 2. The number of Topliss-reactive ketones (excluding diaryl/α,β-unsaturated/α-hetero) is 1. The molecule has 5 atom stereocenters. The topological polar surface area (TPSA) is 96.7 Å². The van der Waals surface area contributed by atoms with Gasteiger partial charge in [0.1, 0.15) is 11.4 Å². The van der Waals surface area contributed by atoms with Gasteiger partial charge in [-0.15, -0.1) is 11.3 Å². The normalized spacial score (nSPS) is 33.4. The Kier molecular flexibility index (Phi) is 9.80. The zero-order valence-electron chi connectivity index (χ0n) is 21.6. The van der Waals surface area contributed by atoms with Crippen LogP contribution >= 0.6 is 11.3 Å². The quantitative estimate of drug-likeness (QED) is 0.432. The maximum absolute atomic E-state index is 13.2. The molecule has 0 bridgehead atoms. The molecule has 1 unspecified atom stereocenters. The van der Waals surface area contributed by atoms with Crippen LogP contribution < -0.4 is 0 Å². The fourth-order valence-corrected chi connectivity index (χ4v) is 4.93. The van der Waals surface area contributed by atoms with Gasteiger partial charge in [-0.3, -0.25) is 9.59 Å². The first kappa shape index (κ1) is 28.4. The molecule has 190 valence electrons. The van der Waals surface area contributed by atoms with Gasteiger partial charge < -0.3 is 14.9 Å². The number of aliphatic hydroxyl groups is 2. The van der Waals surface area contributed by atoms with Crippen molar-refractivity contribution in [1.82, 2.24) is 4.98 Å². The summed E-state index contributed by atoms with van der Waals surface area (Å²) in [6, 6.07) is 0. The highest BCUT2D eigenvalue weighted by atomic mass is 32.1. The molecule has 0 amide bonds. The van der Waals surface area contributed by atoms with Gasteiger partial charge in [0.2, 0.25) is 0 Å². The van der Waals surface area contributed by atoms with E-state index in [-0.39, 0.29) is 18.1 Å². The molecule has 1 aliphatic rings. The Bertz CT molecular complexity index is 918. The van der Waals surface area contributed by atoms with E-state index >= 15 is 0 Å². The summed E-state index contributed by atoms with van der Waals surface area (Å²) in [6.07, 6.45) is 6.69. The molecular formula is C27H41NO5S. The molecule has 1 aromatic heterocycles. The number of ether oxygens (including phenoxy) is 1. The van der Waals surface area contributed by atoms with E-state index in [1.807, 2.05) is 45.2 Å². The first-order chi connectivity index (χ1) is 15.8. The number of hydrogen-bond acceptors (Lipinski definition) is 7. The highest BCUT2D eigenvalue weighted by molar-refractivity contribution is 7.09. The van der Waals surface area contributed by atoms with Crippen LogP contribution in [0.3, 0.4) is 0 Å². The van der Waals surface area contributed by atoms with Crippen molar-refractivity contribution in [2.45, 2.75) is 98.4 Å². The van der Waals surface area contributed by atoms with Crippen molar-refractivity contribution in [2.75, 3.05) is 0 Å². The molecule has 0 aliphatic carbocycles. The molecule has 1 aliphatic heterocycles. The number of ketones is 1. The van der Waals surface area contributed by atoms with Gasteiger partial charge in [0, 0.05) is 17.7 Å². The maximum atomic E-state index is 13.2. The van der Waals surface area contributed by atoms with Crippen LogP contribution in [-0.2, 0) is 14.3 Å². The van der Waals surface area contributed by atoms with E-state index in [0.717, 1.165) is 35.5 Å². The Hall–Kier alpha value is -1.83. The molecule has 0 spiro atoms. The third kappa shape index (κ3) is 7.09. The number of allylic oxidation sites excluding steroid dienone is 1. The molecule has 2 heterocycles. The summed E-state index contributed by atoms with van der Waals surface area (Å²) in [5.41, 5.74) is -0.434. The lowest BCUT2D eigenvalue weighted by atomic mass is 9.73. The van der Waals surface area contributed by atoms with Crippen molar-refractivity contribution < 1.29 is 24.5 Å². The number of aryl methyl sites for hydroxylation is 1. The first-order valence-corrected chi connectivity index (χ1v) is 13.0. The molecule has 0 fully saturated rings. The molecule has 7 heteroatoms. The van der Waals surface area contributed by atoms with Gasteiger partial charge in [-0.2, -0.15) is 0 Å². The van der Waals surface area contributed by atoms with Crippen LogP contribution in [0.4, 0.5) is 0 Å². The first-order valence-electron chi connectivity index (χ1n) is 12.2. The van der Waals surface area contributed by atoms with Crippen LogP contribution in [0.2, 0.25) is 0 Å². The number of thiazole rings is 1. The molecule has 34 heavy (non-hydrogen) atoms. The van der Waals surface area contributed by atoms with E-state index in [4.69, 9.17) is 4.74 Å². The summed E-state index contributed by atoms with van der Waals surface area (Å²) in [5, 5.41) is 24.5. The number of aliphatic hydroxyl groups excluding tert-OH is 2. The predicted octanol–water partition coefficient (Wildman–Crippen LogP) is 5.27. The Balaban J connectivity index is 2.35. The second-order valence-electron chi connectivity index (χ2n) is 10.5. The van der Waals surface area contributed by atoms with Crippen molar-refractivity contribution in [3.8, 4) is 0 Å². The number of carbonyl (C=O) groups is 2. The van der Waals surface area contributed by atoms with Crippen LogP contribution in [0.1, 0.15) is 84.3 Å². The lowest BCUT2D eigenvalue weighted by Crippen LogP contribution is -2.46. The van der Waals surface area contributed by atoms with Crippen molar-refractivity contribution in [3.05, 3.63) is 33.8 Å². The molecule has 0 radical (unpaired) electrons. The van der Waals surface area contributed by atoms with Gasteiger partial charge in [0.15, 0.2) is 0 Å². The fraction of sp³-hybridized carbons (Fsp3) is 0.667. The summed E-state index contributed by atoms with van der Waals surface area (Å²) in [4.78, 5) is 30.6. The Morgan fingerprint density at radius 2 is 1.88 bits per heavy atom. The number of aromatic nitrogens is 1. The molecule has 0 saturated carbocycles. The van der Waals surface area contributed by atoms with Crippen LogP contribution in [-0.4, -0.2) is 44.8 Å². The maximum Gasteiger partial charge on any atom is 0.309 e. The summed E-state index contributed by atoms with van der Waals surface area (Å²) < 4.78 is 5.94. The van der Waals surface area contributed by atoms with Gasteiger partial charge in [-0.05, 0) is 57.6 Å². The van der Waals surface area contributed by atoms with Crippen molar-refractivity contribution >= 4 is 29.2 Å². The third-order valence-electron chi connectivity index (χ3n) is 7.22. The number of esters is 1. The fourth-order valence-electron chi connectivity index (χ4n) is 4.36. The SMILES string of the molecule is C/C(=C\c1csc(C)n1)C1(C)C/C=C\CCC[C@@H](C)[C@H](O)[C@@H](C)C(=O)C(C)(C)[C@@H](O)CC(=O)O1. The molecule has 2 rings (SSSR count). The number of cyclic esters (lactones) is 1. The largest absolute Gasteiger partial charge is 0.454 e. The Morgan fingerprint density at radius 1 is 1.21 bits per heavy atom. The van der Waals surface area contributed by atoms with Crippen LogP contribution in [0.25, 0.3) is 6.08 Å². The number of rotatable bonds is 2. The van der Waals surface area contributed by atoms with Gasteiger partial charge in [0.05, 0.1) is 34.7 Å². The number of nitrogens with zero attached hydrogens (tertiary/aromatic N) is 1. The van der Waals surface area contributed by atoms with Crippen molar-refractivity contribution in [1.29, 1.82) is 0 Å². The van der Waals surface area contributed by atoms with Gasteiger partial charge in [-0.1, -0.05) is 39.8 Å². The van der Waals surface area contributed by atoms with E-state index in [9.17, 15) is 19.8 Å². The molecule has 0 saturated heterocycles. The average molecular weight is 492 g/mol. The molecule has 6 nitrogen and oxygen atoms in total. The lowest BCUT2D eigenvalue weighted by molar-refractivity contribution is -0.160. The van der Waals surface area contributed by atoms with Crippen LogP contribution in [0.5, 0.6) is 0 Å². The third-order valence-corrected chi connectivity index (χ3v) is 8.01. The van der Waals surface area contributed by atoms with Crippen LogP contribution in [0, 0.1) is 24.2 Å². The molecule has 0 aromatic carbocycles. The van der Waals surface area contributed by atoms with E-state index < -0.39 is 35.1 Å². The van der Waals surface area contributed by atoms with Crippen molar-refractivity contribution in [2.24, 2.45) is 17.3 Å². The van der Waals surface area contributed by atoms with Gasteiger partial charge >= 0.3 is 5.97 Å². The van der Waals surface area contributed by atoms with E-state index in [0.29, 0.717) is 6.42 Å². The summed E-state index contributed by atoms with van der Waals surface area (Å²) in [7, 11) is 0. The zero-order chi connectivity index (χ0) is 25.7. The minimum atomic E-state index is -1.23. The Labute approximate surface area is 208 Å². The van der Waals surface area contributed by atoms with E-state index in [2.05, 4.69) is 11.1 Å². The standard InChI is InChI=1S/C27H41NO5S/c1-17-12-10-8-9-11-13-27(7,18(2)14-21-16-34-20(4)28-21)33-23(30)15-22(29)26(5,6)25(32)19(3)24(17)31/h9,11,14,16-17,19,22,24,29,31H,8,10,12-13,15H2,1-7H3/b11-9-,18-14+/t17-,19-,22+,24+,27?/m1/s1. The van der Waals surface area contributed by atoms with Crippen molar-refractivity contribution in [3.63, 3.8) is 0 Å². The van der Waals surface area contributed by atoms with Gasteiger partial charge in [0.25, 0.3) is 0 Å². The summed E-state index contributed by atoms with van der Waals surface area (Å²) in [6.45, 7) is 12.6. The lowest BCUT2D eigenvalue weighted by Gasteiger charge is -2.35. The van der Waals surface area contributed by atoms with E-state index in [1.54, 1.807) is 32.1 Å². The smallest absolute Gasteiger partial charge is 0.309 e. The van der Waals surface area contributed by atoms with Crippen LogP contribution in [0.15, 0.2) is 23.1 Å². The average Bonchev–Trinajstić information content (AvgIpc) is 3.17. The second kappa shape index (κ2) is 11.7. The molecular weight excluding hydrogens is 450 g/mol. The molecule has 1 aromatic rings. The predicted molar refractivity (Wildman–Crippen MR) is 136 cm³/mol. The Morgan fingerprint density at radius 3 is 2.50 bits per heavy atom. The van der Waals surface area contributed by atoms with E-state index in [1.165, 1.54) is 0 Å². The highest BCUT2D eigenvalue weighted by Gasteiger charge is 2.43. The minimum Gasteiger partial charge on any atom is -0.454 e. The van der Waals surface area contributed by atoms with Gasteiger partial charge in [-0.25, -0.2) is 4.98 Å². The summed E-state index contributed by atoms with van der Waals surface area (Å²) >= 11 is 1.56. The highest BCUT2D eigenvalue weighted by Crippen LogP contribution is 2.34. The summed E-state index contributed by atoms with van der Waals surface area (Å²) in [5.74, 6) is -1.51. The monoisotopic (exact) mass is 491 g/mol. The minimum absolute atomic E-state index is 0.0461.